The van der Waals surface area contributed by atoms with Crippen molar-refractivity contribution in [3.63, 3.8) is 0 Å². The van der Waals surface area contributed by atoms with Gasteiger partial charge in [-0.25, -0.2) is 0 Å². The molecule has 4 rings (SSSR count). The van der Waals surface area contributed by atoms with Crippen molar-refractivity contribution in [3.8, 4) is 0 Å². The average Bonchev–Trinajstić information content (AvgIpc) is 2.84. The smallest absolute Gasteiger partial charge is 0.184 e. The van der Waals surface area contributed by atoms with Crippen LogP contribution in [0.2, 0.25) is 0 Å². The summed E-state index contributed by atoms with van der Waals surface area (Å²) in [4.78, 5) is 0. The first-order valence-electron chi connectivity index (χ1n) is 11.0. The lowest BCUT2D eigenvalue weighted by Crippen LogP contribution is -2.51. The number of hydrogen-bond donors (Lipinski definition) is 1. The fourth-order valence-electron chi connectivity index (χ4n) is 3.79. The SMILES string of the molecule is O[C@@H]1O[C@H](COCc2ccccc2)C[C@H](OCc2ccccc2)[C@H]1OCc1ccccc1. The van der Waals surface area contributed by atoms with Crippen molar-refractivity contribution in [2.24, 2.45) is 0 Å². The number of aliphatic hydroxyl groups is 1. The number of ether oxygens (including phenoxy) is 4. The highest BCUT2D eigenvalue weighted by atomic mass is 16.7. The molecule has 168 valence electrons. The normalized spacial score (nSPS) is 23.2. The van der Waals surface area contributed by atoms with Crippen molar-refractivity contribution < 1.29 is 24.1 Å². The van der Waals surface area contributed by atoms with Crippen molar-refractivity contribution in [1.82, 2.24) is 0 Å². The molecule has 0 spiro atoms. The van der Waals surface area contributed by atoms with E-state index in [0.717, 1.165) is 16.7 Å². The molecule has 1 fully saturated rings. The molecule has 0 aliphatic carbocycles. The van der Waals surface area contributed by atoms with Crippen LogP contribution < -0.4 is 0 Å². The van der Waals surface area contributed by atoms with E-state index in [2.05, 4.69) is 0 Å². The number of hydrogen-bond acceptors (Lipinski definition) is 5. The van der Waals surface area contributed by atoms with Gasteiger partial charge in [0.1, 0.15) is 6.10 Å². The molecule has 0 aromatic heterocycles. The zero-order valence-corrected chi connectivity index (χ0v) is 18.1. The lowest BCUT2D eigenvalue weighted by Gasteiger charge is -2.39. The molecule has 0 amide bonds. The lowest BCUT2D eigenvalue weighted by molar-refractivity contribution is -0.277. The third-order valence-corrected chi connectivity index (χ3v) is 5.48. The monoisotopic (exact) mass is 434 g/mol. The molecule has 3 aromatic carbocycles. The molecule has 4 atom stereocenters. The summed E-state index contributed by atoms with van der Waals surface area (Å²) < 4.78 is 24.0. The topological polar surface area (TPSA) is 57.2 Å². The van der Waals surface area contributed by atoms with Crippen LogP contribution in [0, 0.1) is 0 Å². The Kier molecular flexibility index (Phi) is 8.42. The van der Waals surface area contributed by atoms with Crippen molar-refractivity contribution in [1.29, 1.82) is 0 Å². The first-order chi connectivity index (χ1) is 15.8. The van der Waals surface area contributed by atoms with Gasteiger partial charge in [0.25, 0.3) is 0 Å². The van der Waals surface area contributed by atoms with Gasteiger partial charge < -0.3 is 24.1 Å². The molecule has 3 aromatic rings. The second kappa shape index (κ2) is 11.9. The Labute approximate surface area is 189 Å². The maximum atomic E-state index is 10.7. The minimum Gasteiger partial charge on any atom is -0.374 e. The van der Waals surface area contributed by atoms with E-state index in [9.17, 15) is 5.11 Å². The predicted octanol–water partition coefficient (Wildman–Crippen LogP) is 4.48. The molecule has 1 heterocycles. The van der Waals surface area contributed by atoms with Crippen LogP contribution in [-0.4, -0.2) is 36.3 Å². The lowest BCUT2D eigenvalue weighted by atomic mass is 10.0. The van der Waals surface area contributed by atoms with Crippen LogP contribution in [-0.2, 0) is 38.8 Å². The quantitative estimate of drug-likeness (QED) is 0.510. The van der Waals surface area contributed by atoms with E-state index in [1.165, 1.54) is 0 Å². The summed E-state index contributed by atoms with van der Waals surface area (Å²) in [6.45, 7) is 1.70. The Balaban J connectivity index is 1.36. The van der Waals surface area contributed by atoms with Crippen molar-refractivity contribution in [3.05, 3.63) is 108 Å². The first kappa shape index (κ1) is 22.6. The largest absolute Gasteiger partial charge is 0.374 e. The Morgan fingerprint density at radius 1 is 0.688 bits per heavy atom. The van der Waals surface area contributed by atoms with E-state index in [-0.39, 0.29) is 12.2 Å². The maximum absolute atomic E-state index is 10.7. The van der Waals surface area contributed by atoms with Gasteiger partial charge in [0.15, 0.2) is 6.29 Å². The maximum Gasteiger partial charge on any atom is 0.184 e. The summed E-state index contributed by atoms with van der Waals surface area (Å²) in [6.07, 6.45) is -1.67. The summed E-state index contributed by atoms with van der Waals surface area (Å²) >= 11 is 0. The fourth-order valence-corrected chi connectivity index (χ4v) is 3.79. The van der Waals surface area contributed by atoms with Gasteiger partial charge in [-0.1, -0.05) is 91.0 Å². The van der Waals surface area contributed by atoms with Crippen LogP contribution in [0.15, 0.2) is 91.0 Å². The molecular formula is C27H30O5. The number of benzene rings is 3. The Bertz CT molecular complexity index is 903. The number of aliphatic hydroxyl groups excluding tert-OH is 1. The second-order valence-corrected chi connectivity index (χ2v) is 7.98. The van der Waals surface area contributed by atoms with E-state index < -0.39 is 12.4 Å². The minimum absolute atomic E-state index is 0.272. The van der Waals surface area contributed by atoms with Gasteiger partial charge >= 0.3 is 0 Å². The highest BCUT2D eigenvalue weighted by Gasteiger charge is 2.39. The molecule has 0 bridgehead atoms. The summed E-state index contributed by atoms with van der Waals surface area (Å²) in [7, 11) is 0. The molecule has 1 aliphatic rings. The zero-order valence-electron chi connectivity index (χ0n) is 18.1. The van der Waals surface area contributed by atoms with Crippen LogP contribution in [0.1, 0.15) is 23.1 Å². The molecule has 0 unspecified atom stereocenters. The second-order valence-electron chi connectivity index (χ2n) is 7.98. The van der Waals surface area contributed by atoms with Crippen LogP contribution in [0.5, 0.6) is 0 Å². The summed E-state index contributed by atoms with van der Waals surface area (Å²) in [6, 6.07) is 29.9. The summed E-state index contributed by atoms with van der Waals surface area (Å²) in [5, 5.41) is 10.7. The Morgan fingerprint density at radius 2 is 1.19 bits per heavy atom. The van der Waals surface area contributed by atoms with E-state index in [1.807, 2.05) is 91.0 Å². The highest BCUT2D eigenvalue weighted by Crippen LogP contribution is 2.26. The minimum atomic E-state index is -1.08. The Hall–Kier alpha value is -2.54. The van der Waals surface area contributed by atoms with Crippen LogP contribution in [0.4, 0.5) is 0 Å². The predicted molar refractivity (Wildman–Crippen MR) is 122 cm³/mol. The molecule has 1 N–H and O–H groups in total. The molecule has 1 aliphatic heterocycles. The van der Waals surface area contributed by atoms with Gasteiger partial charge in [-0.15, -0.1) is 0 Å². The molecule has 1 saturated heterocycles. The van der Waals surface area contributed by atoms with Gasteiger partial charge in [-0.3, -0.25) is 0 Å². The third-order valence-electron chi connectivity index (χ3n) is 5.48. The first-order valence-corrected chi connectivity index (χ1v) is 11.0. The van der Waals surface area contributed by atoms with Gasteiger partial charge in [0.2, 0.25) is 0 Å². The van der Waals surface area contributed by atoms with E-state index >= 15 is 0 Å². The third kappa shape index (κ3) is 6.73. The van der Waals surface area contributed by atoms with Gasteiger partial charge in [-0.2, -0.15) is 0 Å². The molecule has 32 heavy (non-hydrogen) atoms. The molecule has 5 heteroatoms. The van der Waals surface area contributed by atoms with Gasteiger partial charge in [0.05, 0.1) is 38.6 Å². The average molecular weight is 435 g/mol. The van der Waals surface area contributed by atoms with Crippen LogP contribution in [0.25, 0.3) is 0 Å². The molecule has 0 radical (unpaired) electrons. The van der Waals surface area contributed by atoms with Gasteiger partial charge in [0, 0.05) is 6.42 Å². The van der Waals surface area contributed by atoms with Gasteiger partial charge in [-0.05, 0) is 16.7 Å². The van der Waals surface area contributed by atoms with Crippen molar-refractivity contribution in [2.75, 3.05) is 6.61 Å². The van der Waals surface area contributed by atoms with E-state index in [1.54, 1.807) is 0 Å². The Morgan fingerprint density at radius 3 is 1.75 bits per heavy atom. The molecule has 5 nitrogen and oxygen atoms in total. The van der Waals surface area contributed by atoms with Crippen LogP contribution >= 0.6 is 0 Å². The zero-order chi connectivity index (χ0) is 22.0. The van der Waals surface area contributed by atoms with Crippen molar-refractivity contribution >= 4 is 0 Å². The number of rotatable bonds is 10. The van der Waals surface area contributed by atoms with Crippen molar-refractivity contribution in [2.45, 2.75) is 50.8 Å². The fraction of sp³-hybridized carbons (Fsp3) is 0.333. The van der Waals surface area contributed by atoms with E-state index in [4.69, 9.17) is 18.9 Å². The molecule has 0 saturated carbocycles. The standard InChI is InChI=1S/C27H30O5/c28-27-26(31-19-23-14-8-3-9-15-23)25(30-18-22-12-6-2-7-13-22)16-24(32-27)20-29-17-21-10-4-1-5-11-21/h1-15,24-28H,16-20H2/t24-,25-,26+,27+/m0/s1. The molecular weight excluding hydrogens is 404 g/mol. The van der Waals surface area contributed by atoms with E-state index in [0.29, 0.717) is 32.8 Å². The summed E-state index contributed by atoms with van der Waals surface area (Å²) in [5.74, 6) is 0. The van der Waals surface area contributed by atoms with Crippen LogP contribution in [0.3, 0.4) is 0 Å². The highest BCUT2D eigenvalue weighted by molar-refractivity contribution is 5.15. The summed E-state index contributed by atoms with van der Waals surface area (Å²) in [5.41, 5.74) is 3.21.